The minimum Gasteiger partial charge on any atom is -0.508 e. The van der Waals surface area contributed by atoms with Crippen LogP contribution in [0.1, 0.15) is 99.1 Å². The predicted octanol–water partition coefficient (Wildman–Crippen LogP) is 11.8. The Morgan fingerprint density at radius 1 is 0.443 bits per heavy atom. The molecule has 0 aliphatic carbocycles. The van der Waals surface area contributed by atoms with Crippen molar-refractivity contribution in [1.82, 2.24) is 5.32 Å². The standard InChI is InChI=1S/C19H19NO6.C19H19NO5.C17H18N2O4.3C2H6.CH5N.3CH3.3Y/c1-13(21)26-16-10-8-15(9-11-16)25-12-14-6-4-5-7-17(14)18(20-24-3)19(22)23-2;1-13(21)14-8-10-16(11-9-14)25-12-15-6-4-5-7-17(15)18(20-24-3)19(22)23-2;1-18-17(21)16(19-22-2)15-6-4-3-5-12(15)11-23-14-9-7-13(20)8-10-14;4*1-2;;;;;;/h4-11H,12H2,1-3H3;4-11H,12H2,1-3H3;3-10,20H,11H2,1-2H3,(H,18,21);3*1-2H3;2H2,1H3;3*1H3;;;/q;;;;;;;3*-1;;;/b2*20-18+;19-16+;;;;;;;;;;. The molecule has 0 spiro atoms. The molecule has 0 aromatic heterocycles. The number of carbonyl (C=O) groups excluding carboxylic acids is 5. The van der Waals surface area contributed by atoms with Crippen LogP contribution in [0.5, 0.6) is 28.7 Å². The number of amides is 1. The number of nitrogens with zero attached hydrogens (tertiary/aromatic N) is 3. The van der Waals surface area contributed by atoms with Crippen molar-refractivity contribution >= 4 is 46.7 Å². The number of nitrogens with two attached hydrogens (primary N) is 1. The second-order valence-corrected chi connectivity index (χ2v) is 14.9. The Morgan fingerprint density at radius 3 is 1.02 bits per heavy atom. The van der Waals surface area contributed by atoms with Gasteiger partial charge in [0, 0.05) is 134 Å². The summed E-state index contributed by atoms with van der Waals surface area (Å²) in [6.45, 7) is 15.5. The molecule has 0 aliphatic rings. The van der Waals surface area contributed by atoms with Gasteiger partial charge in [-0.05, 0) is 103 Å². The maximum Gasteiger partial charge on any atom is 0.360 e. The van der Waals surface area contributed by atoms with Gasteiger partial charge in [-0.25, -0.2) is 9.59 Å². The van der Waals surface area contributed by atoms with Crippen molar-refractivity contribution in [3.8, 4) is 28.7 Å². The molecule has 0 bridgehead atoms. The first-order chi connectivity index (χ1) is 39.8. The number of oxime groups is 3. The number of hydrogen-bond acceptors (Lipinski definition) is 19. The number of Topliss-reactive ketones (excluding diaryl/α,β-unsaturated/α-hetero) is 1. The fourth-order valence-corrected chi connectivity index (χ4v) is 6.40. The van der Waals surface area contributed by atoms with Crippen molar-refractivity contribution in [3.63, 3.8) is 0 Å². The second-order valence-electron chi connectivity index (χ2n) is 14.9. The van der Waals surface area contributed by atoms with E-state index in [0.717, 1.165) is 16.7 Å². The molecule has 4 N–H and O–H groups in total. The summed E-state index contributed by atoms with van der Waals surface area (Å²) in [7, 11) is 9.69. The van der Waals surface area contributed by atoms with Crippen LogP contribution in [0.2, 0.25) is 0 Å². The van der Waals surface area contributed by atoms with Crippen molar-refractivity contribution in [2.45, 2.75) is 75.2 Å². The fraction of sp³-hybridized carbons (Fsp3) is 0.277. The summed E-state index contributed by atoms with van der Waals surface area (Å²) in [4.78, 5) is 72.3. The van der Waals surface area contributed by atoms with E-state index in [1.807, 2.05) is 84.0 Å². The number of carbonyl (C=O) groups is 5. The zero-order valence-corrected chi connectivity index (χ0v) is 62.8. The number of hydrogen-bond donors (Lipinski definition) is 3. The number of aromatic hydroxyl groups is 1. The summed E-state index contributed by atoms with van der Waals surface area (Å²) in [5.41, 5.74) is 9.45. The maximum atomic E-state index is 12.0. The van der Waals surface area contributed by atoms with Gasteiger partial charge in [-0.2, -0.15) is 0 Å². The number of likely N-dealkylation sites (N-methyl/N-ethyl adjacent to an activating group) is 1. The Labute approximate surface area is 598 Å². The first-order valence-electron chi connectivity index (χ1n) is 25.9. The third kappa shape index (κ3) is 35.1. The molecule has 0 fully saturated rings. The molecule has 0 saturated carbocycles. The van der Waals surface area contributed by atoms with E-state index in [1.54, 1.807) is 103 Å². The van der Waals surface area contributed by atoms with Crippen molar-refractivity contribution in [3.05, 3.63) is 207 Å². The van der Waals surface area contributed by atoms with Crippen LogP contribution in [0.15, 0.2) is 161 Å². The first-order valence-corrected chi connectivity index (χ1v) is 25.9. The number of ether oxygens (including phenoxy) is 6. The Bertz CT molecular complexity index is 2930. The van der Waals surface area contributed by atoms with Crippen LogP contribution in [-0.4, -0.2) is 101 Å². The van der Waals surface area contributed by atoms with Gasteiger partial charge in [0.2, 0.25) is 0 Å². The van der Waals surface area contributed by atoms with E-state index in [-0.39, 0.29) is 181 Å². The van der Waals surface area contributed by atoms with Gasteiger partial charge in [0.05, 0.1) is 14.2 Å². The third-order valence-corrected chi connectivity index (χ3v) is 9.93. The molecular weight excluding hydrogens is 1360 g/mol. The molecule has 0 atom stereocenters. The smallest absolute Gasteiger partial charge is 0.360 e. The van der Waals surface area contributed by atoms with Crippen LogP contribution in [-0.2, 0) is 161 Å². The van der Waals surface area contributed by atoms with Crippen LogP contribution in [0.4, 0.5) is 0 Å². The monoisotopic (exact) mass is 1450 g/mol. The van der Waals surface area contributed by atoms with E-state index in [9.17, 15) is 29.1 Å². The SMILES string of the molecule is CC.CC.CC.CN.CNC(=O)/C(=N/OC)c1ccccc1COc1ccc(O)cc1.CO/N=C(/C(=O)OC)c1ccccc1COc1ccc(C(C)=O)cc1.CO/N=C(/C(=O)OC)c1ccccc1COc1ccc(OC(C)=O)cc1.[CH3-].[CH3-].[CH3-].[Y].[Y].[Y]. The molecule has 3 radical (unpaired) electrons. The van der Waals surface area contributed by atoms with Crippen molar-refractivity contribution < 1.29 is 170 Å². The van der Waals surface area contributed by atoms with E-state index in [0.29, 0.717) is 45.3 Å². The van der Waals surface area contributed by atoms with E-state index >= 15 is 0 Å². The molecule has 475 valence electrons. The van der Waals surface area contributed by atoms with E-state index in [4.69, 9.17) is 42.9 Å². The van der Waals surface area contributed by atoms with E-state index in [1.165, 1.54) is 63.5 Å². The second kappa shape index (κ2) is 58.4. The van der Waals surface area contributed by atoms with Gasteiger partial charge in [-0.3, -0.25) is 14.4 Å². The predicted molar refractivity (Wildman–Crippen MR) is 337 cm³/mol. The first kappa shape index (κ1) is 95.4. The molecule has 0 saturated heterocycles. The zero-order chi connectivity index (χ0) is 61.8. The molecule has 6 aromatic carbocycles. The van der Waals surface area contributed by atoms with Crippen molar-refractivity contribution in [2.75, 3.05) is 49.6 Å². The topological polar surface area (TPSA) is 264 Å². The number of phenols is 1. The normalized spacial score (nSPS) is 9.43. The Morgan fingerprint density at radius 2 is 0.727 bits per heavy atom. The van der Waals surface area contributed by atoms with Crippen LogP contribution < -0.4 is 30.0 Å². The summed E-state index contributed by atoms with van der Waals surface area (Å²) < 4.78 is 31.7. The molecule has 0 aliphatic heterocycles. The minimum atomic E-state index is -0.606. The molecule has 23 heteroatoms. The number of rotatable bonds is 20. The van der Waals surface area contributed by atoms with Crippen LogP contribution >= 0.6 is 0 Å². The van der Waals surface area contributed by atoms with E-state index < -0.39 is 11.9 Å². The van der Waals surface area contributed by atoms with Gasteiger partial charge in [0.15, 0.2) is 22.9 Å². The Hall–Kier alpha value is -6.25. The molecule has 20 nitrogen and oxygen atoms in total. The third-order valence-electron chi connectivity index (χ3n) is 9.93. The molecule has 6 rings (SSSR count). The number of methoxy groups -OCH3 is 2. The molecule has 1 amide bonds. The van der Waals surface area contributed by atoms with Crippen LogP contribution in [0.25, 0.3) is 0 Å². The number of nitrogens with one attached hydrogen (secondary N) is 1. The summed E-state index contributed by atoms with van der Waals surface area (Å²) in [6, 6.07) is 41.6. The largest absolute Gasteiger partial charge is 0.508 e. The molecule has 88 heavy (non-hydrogen) atoms. The number of ketones is 1. The molecule has 6 aromatic rings. The minimum absolute atomic E-state index is 0. The molecular formula is C65H88N5O15Y3-3. The van der Waals surface area contributed by atoms with Gasteiger partial charge < -0.3 is 81.4 Å². The number of esters is 3. The zero-order valence-electron chi connectivity index (χ0n) is 54.3. The van der Waals surface area contributed by atoms with Crippen molar-refractivity contribution in [2.24, 2.45) is 21.2 Å². The Balaban J connectivity index is -0.000000205. The quantitative estimate of drug-likeness (QED) is 0.0160. The van der Waals surface area contributed by atoms with Gasteiger partial charge in [0.25, 0.3) is 5.91 Å². The van der Waals surface area contributed by atoms with Crippen molar-refractivity contribution in [1.29, 1.82) is 0 Å². The summed E-state index contributed by atoms with van der Waals surface area (Å²) in [5, 5.41) is 23.1. The molecule has 0 heterocycles. The van der Waals surface area contributed by atoms with Gasteiger partial charge in [-0.15, -0.1) is 0 Å². The van der Waals surface area contributed by atoms with E-state index in [2.05, 4.69) is 26.5 Å². The van der Waals surface area contributed by atoms with Gasteiger partial charge in [0.1, 0.15) is 69.9 Å². The summed E-state index contributed by atoms with van der Waals surface area (Å²) in [5.74, 6) is 0.479. The number of benzene rings is 6. The van der Waals surface area contributed by atoms with Crippen LogP contribution in [0, 0.1) is 22.3 Å². The van der Waals surface area contributed by atoms with Gasteiger partial charge in [-0.1, -0.05) is 130 Å². The summed E-state index contributed by atoms with van der Waals surface area (Å²) in [6.07, 6.45) is 0. The average molecular weight is 1450 g/mol. The van der Waals surface area contributed by atoms with Crippen LogP contribution in [0.3, 0.4) is 0 Å². The average Bonchev–Trinajstić information content (AvgIpc) is 3.70. The fourth-order valence-electron chi connectivity index (χ4n) is 6.40. The van der Waals surface area contributed by atoms with Gasteiger partial charge >= 0.3 is 17.9 Å². The molecule has 0 unspecified atom stereocenters. The summed E-state index contributed by atoms with van der Waals surface area (Å²) >= 11 is 0. The Kier molecular flexibility index (Phi) is 63.4. The number of phenolic OH excluding ortho intramolecular Hbond substituents is 1. The maximum absolute atomic E-state index is 12.0.